The van der Waals surface area contributed by atoms with E-state index < -0.39 is 15.7 Å². The Bertz CT molecular complexity index is 653. The van der Waals surface area contributed by atoms with Gasteiger partial charge in [-0.3, -0.25) is 10.1 Å². The van der Waals surface area contributed by atoms with Crippen molar-refractivity contribution in [3.05, 3.63) is 53.3 Å². The standard InChI is InChI=1S/C17H21ClN2OS/c1-12(10-17(2,3)22(19)21)16-9-6-14(11-20-16)13-4-7-15(18)8-5-13/h4-9,11-12H,10,19H2,1-3H3/t12-,22?/m0/s1. The molecule has 1 aromatic carbocycles. The Kier molecular flexibility index (Phi) is 5.37. The summed E-state index contributed by atoms with van der Waals surface area (Å²) in [5.74, 6) is 0.196. The highest BCUT2D eigenvalue weighted by molar-refractivity contribution is 7.84. The first-order valence-corrected chi connectivity index (χ1v) is 8.77. The second-order valence-electron chi connectivity index (χ2n) is 6.14. The minimum Gasteiger partial charge on any atom is -0.260 e. The van der Waals surface area contributed by atoms with E-state index in [1.165, 1.54) is 0 Å². The fraction of sp³-hybridized carbons (Fsp3) is 0.353. The highest BCUT2D eigenvalue weighted by atomic mass is 35.5. The van der Waals surface area contributed by atoms with Crippen LogP contribution in [-0.4, -0.2) is 13.9 Å². The topological polar surface area (TPSA) is 56.0 Å². The first kappa shape index (κ1) is 17.1. The minimum atomic E-state index is -1.35. The van der Waals surface area contributed by atoms with Crippen LogP contribution in [0.3, 0.4) is 0 Å². The zero-order valence-corrected chi connectivity index (χ0v) is 14.6. The number of pyridine rings is 1. The van der Waals surface area contributed by atoms with Gasteiger partial charge in [0.1, 0.15) is 0 Å². The largest absolute Gasteiger partial charge is 0.260 e. The minimum absolute atomic E-state index is 0.196. The number of rotatable bonds is 5. The van der Waals surface area contributed by atoms with E-state index in [1.54, 1.807) is 0 Å². The highest BCUT2D eigenvalue weighted by Crippen LogP contribution is 2.28. The smallest absolute Gasteiger partial charge is 0.0945 e. The summed E-state index contributed by atoms with van der Waals surface area (Å²) in [4.78, 5) is 4.55. The molecule has 1 unspecified atom stereocenters. The number of hydrogen-bond acceptors (Lipinski definition) is 2. The molecule has 118 valence electrons. The van der Waals surface area contributed by atoms with Crippen molar-refractivity contribution in [1.29, 1.82) is 0 Å². The first-order chi connectivity index (χ1) is 10.3. The fourth-order valence-electron chi connectivity index (χ4n) is 2.43. The van der Waals surface area contributed by atoms with E-state index in [-0.39, 0.29) is 5.92 Å². The maximum atomic E-state index is 11.6. The Balaban J connectivity index is 2.15. The van der Waals surface area contributed by atoms with Gasteiger partial charge in [-0.15, -0.1) is 0 Å². The van der Waals surface area contributed by atoms with Gasteiger partial charge in [-0.2, -0.15) is 0 Å². The summed E-state index contributed by atoms with van der Waals surface area (Å²) in [6.07, 6.45) is 2.59. The molecule has 0 radical (unpaired) electrons. The van der Waals surface area contributed by atoms with Crippen molar-refractivity contribution >= 4 is 22.6 Å². The Morgan fingerprint density at radius 3 is 2.27 bits per heavy atom. The van der Waals surface area contributed by atoms with Gasteiger partial charge in [-0.25, -0.2) is 4.21 Å². The predicted octanol–water partition coefficient (Wildman–Crippen LogP) is 4.30. The van der Waals surface area contributed by atoms with Crippen molar-refractivity contribution in [1.82, 2.24) is 4.98 Å². The Hall–Kier alpha value is -1.23. The summed E-state index contributed by atoms with van der Waals surface area (Å²) in [5.41, 5.74) is 3.12. The van der Waals surface area contributed by atoms with Crippen LogP contribution in [-0.2, 0) is 11.0 Å². The SMILES string of the molecule is C[C@@H](CC(C)(C)S(N)=O)c1ccc(-c2ccc(Cl)cc2)cn1. The van der Waals surface area contributed by atoms with Crippen molar-refractivity contribution in [2.24, 2.45) is 5.14 Å². The predicted molar refractivity (Wildman–Crippen MR) is 94.1 cm³/mol. The third kappa shape index (κ3) is 4.15. The van der Waals surface area contributed by atoms with Gasteiger partial charge < -0.3 is 0 Å². The summed E-state index contributed by atoms with van der Waals surface area (Å²) in [6.45, 7) is 5.92. The van der Waals surface area contributed by atoms with Crippen LogP contribution in [0.25, 0.3) is 11.1 Å². The molecule has 0 saturated carbocycles. The van der Waals surface area contributed by atoms with Gasteiger partial charge in [0.25, 0.3) is 0 Å². The lowest BCUT2D eigenvalue weighted by Crippen LogP contribution is -2.33. The third-order valence-corrected chi connectivity index (χ3v) is 5.32. The summed E-state index contributed by atoms with van der Waals surface area (Å²) < 4.78 is 11.1. The summed E-state index contributed by atoms with van der Waals surface area (Å²) in [5, 5.41) is 6.27. The lowest BCUT2D eigenvalue weighted by molar-refractivity contribution is 0.533. The van der Waals surface area contributed by atoms with Crippen molar-refractivity contribution < 1.29 is 4.21 Å². The molecule has 0 amide bonds. The first-order valence-electron chi connectivity index (χ1n) is 7.18. The van der Waals surface area contributed by atoms with E-state index >= 15 is 0 Å². The summed E-state index contributed by atoms with van der Waals surface area (Å²) >= 11 is 5.90. The van der Waals surface area contributed by atoms with E-state index in [1.807, 2.05) is 50.4 Å². The number of halogens is 1. The summed E-state index contributed by atoms with van der Waals surface area (Å²) in [6, 6.07) is 11.8. The molecular formula is C17H21ClN2OS. The quantitative estimate of drug-likeness (QED) is 0.885. The second-order valence-corrected chi connectivity index (χ2v) is 8.28. The Labute approximate surface area is 139 Å². The van der Waals surface area contributed by atoms with Gasteiger partial charge in [-0.1, -0.05) is 36.7 Å². The lowest BCUT2D eigenvalue weighted by Gasteiger charge is -2.24. The van der Waals surface area contributed by atoms with E-state index in [0.717, 1.165) is 28.3 Å². The molecule has 2 rings (SSSR count). The zero-order valence-electron chi connectivity index (χ0n) is 13.0. The monoisotopic (exact) mass is 336 g/mol. The van der Waals surface area contributed by atoms with E-state index in [9.17, 15) is 4.21 Å². The molecule has 0 aliphatic carbocycles. The highest BCUT2D eigenvalue weighted by Gasteiger charge is 2.27. The molecular weight excluding hydrogens is 316 g/mol. The molecule has 0 bridgehead atoms. The number of benzene rings is 1. The van der Waals surface area contributed by atoms with Gasteiger partial charge in [0, 0.05) is 22.5 Å². The van der Waals surface area contributed by atoms with Crippen LogP contribution in [0.2, 0.25) is 5.02 Å². The van der Waals surface area contributed by atoms with Crippen LogP contribution < -0.4 is 5.14 Å². The number of aromatic nitrogens is 1. The van der Waals surface area contributed by atoms with Crippen LogP contribution in [0.15, 0.2) is 42.6 Å². The molecule has 1 heterocycles. The van der Waals surface area contributed by atoms with Crippen molar-refractivity contribution in [3.63, 3.8) is 0 Å². The van der Waals surface area contributed by atoms with E-state index in [4.69, 9.17) is 16.7 Å². The maximum absolute atomic E-state index is 11.6. The van der Waals surface area contributed by atoms with Gasteiger partial charge in [0.2, 0.25) is 0 Å². The van der Waals surface area contributed by atoms with Gasteiger partial charge in [0.05, 0.1) is 15.7 Å². The fourth-order valence-corrected chi connectivity index (χ4v) is 2.97. The molecule has 0 spiro atoms. The molecule has 0 saturated heterocycles. The molecule has 5 heteroatoms. The van der Waals surface area contributed by atoms with Crippen molar-refractivity contribution in [2.45, 2.75) is 37.9 Å². The number of hydrogen-bond donors (Lipinski definition) is 1. The van der Waals surface area contributed by atoms with Crippen LogP contribution in [0.1, 0.15) is 38.8 Å². The van der Waals surface area contributed by atoms with Crippen LogP contribution in [0.5, 0.6) is 0 Å². The van der Waals surface area contributed by atoms with Gasteiger partial charge in [0.15, 0.2) is 0 Å². The lowest BCUT2D eigenvalue weighted by atomic mass is 9.94. The molecule has 2 N–H and O–H groups in total. The summed E-state index contributed by atoms with van der Waals surface area (Å²) in [7, 11) is -1.35. The zero-order chi connectivity index (χ0) is 16.3. The maximum Gasteiger partial charge on any atom is 0.0945 e. The molecule has 0 aliphatic heterocycles. The number of nitrogens with two attached hydrogens (primary N) is 1. The third-order valence-electron chi connectivity index (χ3n) is 3.81. The van der Waals surface area contributed by atoms with E-state index in [0.29, 0.717) is 0 Å². The van der Waals surface area contributed by atoms with Crippen LogP contribution in [0, 0.1) is 0 Å². The molecule has 0 aliphatic rings. The van der Waals surface area contributed by atoms with Crippen molar-refractivity contribution in [2.75, 3.05) is 0 Å². The molecule has 2 aromatic rings. The normalized spacial score (nSPS) is 14.6. The second kappa shape index (κ2) is 6.90. The van der Waals surface area contributed by atoms with Gasteiger partial charge in [-0.05, 0) is 49.9 Å². The molecule has 3 nitrogen and oxygen atoms in total. The van der Waals surface area contributed by atoms with Crippen LogP contribution in [0.4, 0.5) is 0 Å². The Morgan fingerprint density at radius 2 is 1.77 bits per heavy atom. The average molecular weight is 337 g/mol. The van der Waals surface area contributed by atoms with E-state index in [2.05, 4.69) is 18.0 Å². The van der Waals surface area contributed by atoms with Crippen LogP contribution >= 0.6 is 11.6 Å². The molecule has 22 heavy (non-hydrogen) atoms. The molecule has 1 aromatic heterocycles. The number of nitrogens with zero attached hydrogens (tertiary/aromatic N) is 1. The Morgan fingerprint density at radius 1 is 1.18 bits per heavy atom. The molecule has 0 fully saturated rings. The van der Waals surface area contributed by atoms with Crippen molar-refractivity contribution in [3.8, 4) is 11.1 Å². The molecule has 2 atom stereocenters. The average Bonchev–Trinajstić information content (AvgIpc) is 2.47. The van der Waals surface area contributed by atoms with Gasteiger partial charge >= 0.3 is 0 Å².